The molecule has 68 valence electrons. The largest absolute Gasteiger partial charge is 0.318 e. The highest BCUT2D eigenvalue weighted by atomic mass is 32.7. The van der Waals surface area contributed by atoms with Crippen molar-refractivity contribution in [2.45, 2.75) is 33.8 Å². The van der Waals surface area contributed by atoms with Crippen molar-refractivity contribution in [3.05, 3.63) is 0 Å². The van der Waals surface area contributed by atoms with Crippen molar-refractivity contribution in [3.8, 4) is 0 Å². The van der Waals surface area contributed by atoms with Gasteiger partial charge in [-0.15, -0.1) is 0 Å². The van der Waals surface area contributed by atoms with Gasteiger partial charge in [-0.05, 0) is 12.3 Å². The lowest BCUT2D eigenvalue weighted by Gasteiger charge is -2.28. The molecule has 0 aliphatic heterocycles. The molecule has 0 aromatic carbocycles. The van der Waals surface area contributed by atoms with Crippen LogP contribution in [0.3, 0.4) is 0 Å². The Morgan fingerprint density at radius 2 is 1.82 bits per heavy atom. The molecule has 0 aliphatic carbocycles. The number of thiol groups is 1. The van der Waals surface area contributed by atoms with Gasteiger partial charge in [-0.2, -0.15) is 0 Å². The van der Waals surface area contributed by atoms with Crippen LogP contribution in [-0.2, 0) is 9.09 Å². The minimum absolute atomic E-state index is 0.0222. The number of hydrogen-bond donors (Lipinski definition) is 1. The molecule has 2 nitrogen and oxygen atoms in total. The van der Waals surface area contributed by atoms with Crippen molar-refractivity contribution in [1.29, 1.82) is 0 Å². The molecule has 0 saturated carbocycles. The zero-order chi connectivity index (χ0) is 9.28. The van der Waals surface area contributed by atoms with E-state index in [1.165, 1.54) is 6.66 Å². The van der Waals surface area contributed by atoms with Crippen molar-refractivity contribution >= 4 is 18.8 Å². The average Bonchev–Trinajstić information content (AvgIpc) is 1.56. The van der Waals surface area contributed by atoms with Crippen LogP contribution in [0.2, 0.25) is 0 Å². The van der Waals surface area contributed by atoms with Gasteiger partial charge in [0.05, 0.1) is 6.10 Å². The first-order chi connectivity index (χ1) is 4.63. The van der Waals surface area contributed by atoms with Crippen LogP contribution in [0.4, 0.5) is 0 Å². The highest BCUT2D eigenvalue weighted by molar-refractivity contribution is 8.46. The predicted molar refractivity (Wildman–Crippen MR) is 52.5 cm³/mol. The normalized spacial score (nSPS) is 20.9. The lowest BCUT2D eigenvalue weighted by molar-refractivity contribution is 0.112. The SMILES string of the molecule is CC(OP(C)(=O)S)C(C)(C)C. The molecule has 0 rings (SSSR count). The number of rotatable bonds is 2. The van der Waals surface area contributed by atoms with Gasteiger partial charge in [-0.1, -0.05) is 33.0 Å². The maximum Gasteiger partial charge on any atom is 0.252 e. The van der Waals surface area contributed by atoms with E-state index >= 15 is 0 Å². The van der Waals surface area contributed by atoms with Gasteiger partial charge in [0.1, 0.15) is 0 Å². The first-order valence-corrected chi connectivity index (χ1v) is 6.84. The van der Waals surface area contributed by atoms with E-state index in [-0.39, 0.29) is 11.5 Å². The van der Waals surface area contributed by atoms with E-state index < -0.39 is 6.57 Å². The van der Waals surface area contributed by atoms with Crippen LogP contribution in [0.5, 0.6) is 0 Å². The summed E-state index contributed by atoms with van der Waals surface area (Å²) in [5.74, 6) is 0. The van der Waals surface area contributed by atoms with Crippen LogP contribution >= 0.6 is 18.8 Å². The van der Waals surface area contributed by atoms with E-state index in [1.54, 1.807) is 0 Å². The topological polar surface area (TPSA) is 26.3 Å². The van der Waals surface area contributed by atoms with Crippen LogP contribution in [-0.4, -0.2) is 12.8 Å². The Morgan fingerprint density at radius 3 is 1.91 bits per heavy atom. The Hall–Kier alpha value is 0.540. The summed E-state index contributed by atoms with van der Waals surface area (Å²) < 4.78 is 16.3. The third-order valence-electron chi connectivity index (χ3n) is 1.57. The van der Waals surface area contributed by atoms with E-state index in [0.29, 0.717) is 0 Å². The van der Waals surface area contributed by atoms with Gasteiger partial charge in [-0.25, -0.2) is 0 Å². The van der Waals surface area contributed by atoms with Crippen molar-refractivity contribution in [2.75, 3.05) is 6.66 Å². The average molecular weight is 196 g/mol. The second kappa shape index (κ2) is 3.51. The Morgan fingerprint density at radius 1 is 1.45 bits per heavy atom. The van der Waals surface area contributed by atoms with E-state index in [0.717, 1.165) is 0 Å². The fourth-order valence-electron chi connectivity index (χ4n) is 0.451. The molecule has 0 aromatic rings. The van der Waals surface area contributed by atoms with Gasteiger partial charge in [0.2, 0.25) is 0 Å². The van der Waals surface area contributed by atoms with Crippen LogP contribution in [0.25, 0.3) is 0 Å². The molecule has 2 atom stereocenters. The zero-order valence-corrected chi connectivity index (χ0v) is 9.58. The van der Waals surface area contributed by atoms with Crippen LogP contribution < -0.4 is 0 Å². The van der Waals surface area contributed by atoms with Gasteiger partial charge in [0.15, 0.2) is 0 Å². The first kappa shape index (κ1) is 11.5. The smallest absolute Gasteiger partial charge is 0.252 e. The van der Waals surface area contributed by atoms with Gasteiger partial charge >= 0.3 is 0 Å². The lowest BCUT2D eigenvalue weighted by atomic mass is 9.91. The minimum Gasteiger partial charge on any atom is -0.318 e. The minimum atomic E-state index is -2.62. The molecule has 0 fully saturated rings. The predicted octanol–water partition coefficient (Wildman–Crippen LogP) is 3.19. The fraction of sp³-hybridized carbons (Fsp3) is 1.00. The molecule has 0 aromatic heterocycles. The Labute approximate surface area is 74.3 Å². The Balaban J connectivity index is 4.10. The molecule has 0 spiro atoms. The molecule has 2 unspecified atom stereocenters. The molecule has 0 aliphatic rings. The van der Waals surface area contributed by atoms with E-state index in [9.17, 15) is 4.57 Å². The molecule has 0 bridgehead atoms. The van der Waals surface area contributed by atoms with Crippen molar-refractivity contribution < 1.29 is 9.09 Å². The summed E-state index contributed by atoms with van der Waals surface area (Å²) in [5, 5.41) is 0. The van der Waals surface area contributed by atoms with E-state index in [2.05, 4.69) is 12.2 Å². The fourth-order valence-corrected chi connectivity index (χ4v) is 1.78. The van der Waals surface area contributed by atoms with Gasteiger partial charge in [-0.3, -0.25) is 4.57 Å². The molecule has 4 heteroatoms. The van der Waals surface area contributed by atoms with Crippen molar-refractivity contribution in [2.24, 2.45) is 5.41 Å². The molecule has 0 radical (unpaired) electrons. The molecule has 0 N–H and O–H groups in total. The Kier molecular flexibility index (Phi) is 3.68. The first-order valence-electron chi connectivity index (χ1n) is 3.61. The number of hydrogen-bond acceptors (Lipinski definition) is 2. The molecule has 0 saturated heterocycles. The third kappa shape index (κ3) is 5.77. The summed E-state index contributed by atoms with van der Waals surface area (Å²) in [5.41, 5.74) is 0.0222. The van der Waals surface area contributed by atoms with Gasteiger partial charge in [0.25, 0.3) is 6.57 Å². The summed E-state index contributed by atoms with van der Waals surface area (Å²) >= 11 is 3.86. The summed E-state index contributed by atoms with van der Waals surface area (Å²) in [6.07, 6.45) is -0.0316. The monoisotopic (exact) mass is 196 g/mol. The second-order valence-corrected chi connectivity index (χ2v) is 7.91. The maximum atomic E-state index is 11.1. The quantitative estimate of drug-likeness (QED) is 0.542. The standard InChI is InChI=1S/C7H17O2PS/c1-6(7(2,3)4)9-10(5,8)11/h6H,1-5H3,(H,8,11). The summed E-state index contributed by atoms with van der Waals surface area (Å²) in [4.78, 5) is 0. The second-order valence-electron chi connectivity index (χ2n) is 3.92. The summed E-state index contributed by atoms with van der Waals surface area (Å²) in [6.45, 7) is 6.93. The van der Waals surface area contributed by atoms with Crippen LogP contribution in [0, 0.1) is 5.41 Å². The van der Waals surface area contributed by atoms with Gasteiger partial charge in [0, 0.05) is 6.66 Å². The molecule has 0 amide bonds. The van der Waals surface area contributed by atoms with Crippen molar-refractivity contribution in [3.63, 3.8) is 0 Å². The van der Waals surface area contributed by atoms with Crippen LogP contribution in [0.1, 0.15) is 27.7 Å². The zero-order valence-electron chi connectivity index (χ0n) is 7.79. The third-order valence-corrected chi connectivity index (χ3v) is 2.56. The summed E-state index contributed by atoms with van der Waals surface area (Å²) in [6, 6.07) is 0. The lowest BCUT2D eigenvalue weighted by Crippen LogP contribution is -2.24. The van der Waals surface area contributed by atoms with E-state index in [1.807, 2.05) is 27.7 Å². The Bertz CT molecular complexity index is 168. The van der Waals surface area contributed by atoms with Crippen LogP contribution in [0.15, 0.2) is 0 Å². The van der Waals surface area contributed by atoms with Crippen molar-refractivity contribution in [1.82, 2.24) is 0 Å². The maximum absolute atomic E-state index is 11.1. The molecule has 11 heavy (non-hydrogen) atoms. The molecular weight excluding hydrogens is 179 g/mol. The molecular formula is C7H17O2PS. The van der Waals surface area contributed by atoms with E-state index in [4.69, 9.17) is 4.52 Å². The molecule has 0 heterocycles. The highest BCUT2D eigenvalue weighted by Gasteiger charge is 2.25. The van der Waals surface area contributed by atoms with Gasteiger partial charge < -0.3 is 4.52 Å². The highest BCUT2D eigenvalue weighted by Crippen LogP contribution is 2.50. The summed E-state index contributed by atoms with van der Waals surface area (Å²) in [7, 11) is 0.